The van der Waals surface area contributed by atoms with Crippen LogP contribution in [0.5, 0.6) is 0 Å². The van der Waals surface area contributed by atoms with Gasteiger partial charge in [-0.25, -0.2) is 0 Å². The molecule has 0 atom stereocenters. The van der Waals surface area contributed by atoms with Crippen molar-refractivity contribution in [1.29, 1.82) is 0 Å². The van der Waals surface area contributed by atoms with Gasteiger partial charge < -0.3 is 10.1 Å². The Labute approximate surface area is 92.6 Å². The van der Waals surface area contributed by atoms with Crippen molar-refractivity contribution < 1.29 is 4.74 Å². The molecule has 0 heterocycles. The Morgan fingerprint density at radius 3 is 2.40 bits per heavy atom. The summed E-state index contributed by atoms with van der Waals surface area (Å²) in [5, 5.41) is 3.45. The standard InChI is InChI=1S/C13H20NO/c1-11-5-7-12(8-6-11)13(2,3)14-9-10-15-4/h5-8,14H,1,9-10H2,2-4H3. The van der Waals surface area contributed by atoms with E-state index in [1.807, 2.05) is 12.1 Å². The van der Waals surface area contributed by atoms with Crippen LogP contribution in [-0.4, -0.2) is 20.3 Å². The van der Waals surface area contributed by atoms with E-state index in [9.17, 15) is 0 Å². The van der Waals surface area contributed by atoms with E-state index in [2.05, 4.69) is 38.2 Å². The van der Waals surface area contributed by atoms with E-state index in [0.29, 0.717) is 0 Å². The van der Waals surface area contributed by atoms with E-state index in [4.69, 9.17) is 4.74 Å². The summed E-state index contributed by atoms with van der Waals surface area (Å²) in [5.74, 6) is 0. The summed E-state index contributed by atoms with van der Waals surface area (Å²) in [5.41, 5.74) is 2.30. The van der Waals surface area contributed by atoms with Crippen molar-refractivity contribution in [3.63, 3.8) is 0 Å². The molecule has 1 aromatic carbocycles. The van der Waals surface area contributed by atoms with Crippen molar-refractivity contribution >= 4 is 0 Å². The fraction of sp³-hybridized carbons (Fsp3) is 0.462. The molecular formula is C13H20NO. The highest BCUT2D eigenvalue weighted by Crippen LogP contribution is 2.19. The van der Waals surface area contributed by atoms with E-state index in [-0.39, 0.29) is 5.54 Å². The van der Waals surface area contributed by atoms with Gasteiger partial charge in [-0.05, 0) is 31.9 Å². The molecule has 0 unspecified atom stereocenters. The van der Waals surface area contributed by atoms with Crippen LogP contribution in [0.3, 0.4) is 0 Å². The molecule has 83 valence electrons. The molecule has 0 bridgehead atoms. The van der Waals surface area contributed by atoms with E-state index in [1.54, 1.807) is 7.11 Å². The molecule has 0 saturated heterocycles. The molecule has 15 heavy (non-hydrogen) atoms. The van der Waals surface area contributed by atoms with Crippen LogP contribution in [0.2, 0.25) is 0 Å². The predicted molar refractivity (Wildman–Crippen MR) is 63.8 cm³/mol. The molecule has 0 spiro atoms. The molecule has 2 nitrogen and oxygen atoms in total. The molecule has 1 N–H and O–H groups in total. The number of rotatable bonds is 5. The van der Waals surface area contributed by atoms with Gasteiger partial charge in [0, 0.05) is 19.2 Å². The Morgan fingerprint density at radius 1 is 1.27 bits per heavy atom. The minimum atomic E-state index is -0.0216. The maximum absolute atomic E-state index is 5.02. The van der Waals surface area contributed by atoms with Gasteiger partial charge in [0.05, 0.1) is 6.61 Å². The first-order chi connectivity index (χ1) is 7.06. The van der Waals surface area contributed by atoms with Crippen LogP contribution in [0.4, 0.5) is 0 Å². The van der Waals surface area contributed by atoms with E-state index in [0.717, 1.165) is 18.7 Å². The van der Waals surface area contributed by atoms with Crippen molar-refractivity contribution in [2.24, 2.45) is 0 Å². The van der Waals surface area contributed by atoms with Crippen LogP contribution in [0.15, 0.2) is 24.3 Å². The maximum atomic E-state index is 5.02. The van der Waals surface area contributed by atoms with E-state index < -0.39 is 0 Å². The Morgan fingerprint density at radius 2 is 1.87 bits per heavy atom. The molecule has 0 aromatic heterocycles. The van der Waals surface area contributed by atoms with Crippen molar-refractivity contribution in [2.75, 3.05) is 20.3 Å². The Balaban J connectivity index is 2.63. The molecular weight excluding hydrogens is 186 g/mol. The van der Waals surface area contributed by atoms with Gasteiger partial charge in [-0.15, -0.1) is 0 Å². The van der Waals surface area contributed by atoms with Crippen LogP contribution in [0, 0.1) is 6.92 Å². The highest BCUT2D eigenvalue weighted by atomic mass is 16.5. The number of methoxy groups -OCH3 is 1. The zero-order valence-electron chi connectivity index (χ0n) is 9.84. The molecule has 0 aliphatic heterocycles. The van der Waals surface area contributed by atoms with Gasteiger partial charge in [0.15, 0.2) is 0 Å². The highest BCUT2D eigenvalue weighted by Gasteiger charge is 2.18. The minimum Gasteiger partial charge on any atom is -0.383 e. The lowest BCUT2D eigenvalue weighted by Crippen LogP contribution is -2.38. The number of benzene rings is 1. The molecule has 1 rings (SSSR count). The van der Waals surface area contributed by atoms with Gasteiger partial charge in [0.2, 0.25) is 0 Å². The zero-order valence-corrected chi connectivity index (χ0v) is 9.84. The summed E-state index contributed by atoms with van der Waals surface area (Å²) in [6.45, 7) is 9.80. The third kappa shape index (κ3) is 3.65. The van der Waals surface area contributed by atoms with Crippen LogP contribution in [0.1, 0.15) is 25.0 Å². The van der Waals surface area contributed by atoms with Crippen molar-refractivity contribution in [2.45, 2.75) is 19.4 Å². The molecule has 0 fully saturated rings. The molecule has 1 radical (unpaired) electrons. The fourth-order valence-electron chi connectivity index (χ4n) is 1.49. The predicted octanol–water partition coefficient (Wildman–Crippen LogP) is 2.34. The van der Waals surface area contributed by atoms with Crippen LogP contribution < -0.4 is 5.32 Å². The van der Waals surface area contributed by atoms with Crippen molar-refractivity contribution in [1.82, 2.24) is 5.32 Å². The van der Waals surface area contributed by atoms with Gasteiger partial charge in [-0.1, -0.05) is 24.3 Å². The average molecular weight is 206 g/mol. The molecule has 2 heteroatoms. The second-order valence-electron chi connectivity index (χ2n) is 4.24. The zero-order chi connectivity index (χ0) is 11.3. The minimum absolute atomic E-state index is 0.0216. The summed E-state index contributed by atoms with van der Waals surface area (Å²) in [7, 11) is 1.71. The van der Waals surface area contributed by atoms with E-state index >= 15 is 0 Å². The smallest absolute Gasteiger partial charge is 0.0587 e. The summed E-state index contributed by atoms with van der Waals surface area (Å²) in [6.07, 6.45) is 0. The lowest BCUT2D eigenvalue weighted by atomic mass is 9.93. The van der Waals surface area contributed by atoms with Gasteiger partial charge in [0.25, 0.3) is 0 Å². The van der Waals surface area contributed by atoms with Gasteiger partial charge in [-0.2, -0.15) is 0 Å². The first-order valence-electron chi connectivity index (χ1n) is 5.23. The molecule has 0 amide bonds. The molecule has 0 aliphatic carbocycles. The third-order valence-electron chi connectivity index (χ3n) is 2.55. The third-order valence-corrected chi connectivity index (χ3v) is 2.55. The quantitative estimate of drug-likeness (QED) is 0.747. The normalized spacial score (nSPS) is 11.7. The maximum Gasteiger partial charge on any atom is 0.0587 e. The van der Waals surface area contributed by atoms with Crippen molar-refractivity contribution in [3.05, 3.63) is 42.3 Å². The number of hydrogen-bond acceptors (Lipinski definition) is 2. The monoisotopic (exact) mass is 206 g/mol. The van der Waals surface area contributed by atoms with Crippen molar-refractivity contribution in [3.8, 4) is 0 Å². The molecule has 1 aromatic rings. The number of hydrogen-bond donors (Lipinski definition) is 1. The highest BCUT2D eigenvalue weighted by molar-refractivity contribution is 5.28. The fourth-order valence-corrected chi connectivity index (χ4v) is 1.49. The largest absolute Gasteiger partial charge is 0.383 e. The Hall–Kier alpha value is -0.860. The summed E-state index contributed by atoms with van der Waals surface area (Å²) in [4.78, 5) is 0. The summed E-state index contributed by atoms with van der Waals surface area (Å²) >= 11 is 0. The first-order valence-corrected chi connectivity index (χ1v) is 5.23. The Bertz CT molecular complexity index is 290. The molecule has 0 saturated carbocycles. The lowest BCUT2D eigenvalue weighted by Gasteiger charge is -2.27. The topological polar surface area (TPSA) is 21.3 Å². The Kier molecular flexibility index (Phi) is 4.30. The lowest BCUT2D eigenvalue weighted by molar-refractivity contribution is 0.188. The summed E-state index contributed by atoms with van der Waals surface area (Å²) < 4.78 is 5.02. The molecule has 0 aliphatic rings. The second-order valence-corrected chi connectivity index (χ2v) is 4.24. The van der Waals surface area contributed by atoms with Gasteiger partial charge >= 0.3 is 0 Å². The number of nitrogens with one attached hydrogen (secondary N) is 1. The van der Waals surface area contributed by atoms with Gasteiger partial charge in [0.1, 0.15) is 0 Å². The van der Waals surface area contributed by atoms with Crippen LogP contribution >= 0.6 is 0 Å². The second kappa shape index (κ2) is 5.29. The van der Waals surface area contributed by atoms with Gasteiger partial charge in [-0.3, -0.25) is 0 Å². The SMILES string of the molecule is [CH2]c1ccc(C(C)(C)NCCOC)cc1. The summed E-state index contributed by atoms with van der Waals surface area (Å²) in [6, 6.07) is 8.30. The first kappa shape index (κ1) is 12.2. The average Bonchev–Trinajstić information content (AvgIpc) is 2.18. The van der Waals surface area contributed by atoms with Crippen LogP contribution in [-0.2, 0) is 10.3 Å². The van der Waals surface area contributed by atoms with Crippen LogP contribution in [0.25, 0.3) is 0 Å². The number of ether oxygens (including phenoxy) is 1. The van der Waals surface area contributed by atoms with E-state index in [1.165, 1.54) is 5.56 Å².